The van der Waals surface area contributed by atoms with Gasteiger partial charge in [-0.25, -0.2) is 8.42 Å². The predicted octanol–water partition coefficient (Wildman–Crippen LogP) is 1.94. The summed E-state index contributed by atoms with van der Waals surface area (Å²) in [4.78, 5) is 9.55. The molecular weight excluding hydrogens is 277 g/mol. The van der Waals surface area contributed by atoms with Gasteiger partial charge >= 0.3 is 5.69 Å². The highest BCUT2D eigenvalue weighted by Gasteiger charge is 2.15. The van der Waals surface area contributed by atoms with Crippen LogP contribution in [0.3, 0.4) is 0 Å². The number of benzene rings is 1. The third kappa shape index (κ3) is 4.82. The minimum atomic E-state index is -3.16. The SMILES string of the molecule is CCCS(=O)(=O)CCOc1ccc([N+](=O)[O-])c(F)c1. The van der Waals surface area contributed by atoms with E-state index in [9.17, 15) is 22.9 Å². The van der Waals surface area contributed by atoms with Gasteiger partial charge in [-0.2, -0.15) is 4.39 Å². The molecule has 8 heteroatoms. The minimum absolute atomic E-state index is 0.0646. The van der Waals surface area contributed by atoms with Crippen LogP contribution in [0.2, 0.25) is 0 Å². The van der Waals surface area contributed by atoms with Crippen molar-refractivity contribution in [2.75, 3.05) is 18.1 Å². The Kier molecular flexibility index (Phi) is 5.22. The van der Waals surface area contributed by atoms with E-state index in [1.54, 1.807) is 6.92 Å². The van der Waals surface area contributed by atoms with E-state index < -0.39 is 26.3 Å². The molecule has 0 heterocycles. The predicted molar refractivity (Wildman–Crippen MR) is 67.5 cm³/mol. The fourth-order valence-corrected chi connectivity index (χ4v) is 2.59. The summed E-state index contributed by atoms with van der Waals surface area (Å²) in [6.07, 6.45) is 0.522. The molecule has 0 atom stereocenters. The fourth-order valence-electron chi connectivity index (χ4n) is 1.43. The van der Waals surface area contributed by atoms with Gasteiger partial charge < -0.3 is 4.74 Å². The van der Waals surface area contributed by atoms with Crippen molar-refractivity contribution in [3.05, 3.63) is 34.1 Å². The Bertz CT molecular complexity index is 558. The van der Waals surface area contributed by atoms with Crippen molar-refractivity contribution in [1.29, 1.82) is 0 Å². The van der Waals surface area contributed by atoms with Crippen molar-refractivity contribution in [2.24, 2.45) is 0 Å². The maximum atomic E-state index is 13.2. The van der Waals surface area contributed by atoms with Crippen molar-refractivity contribution in [1.82, 2.24) is 0 Å². The van der Waals surface area contributed by atoms with E-state index in [1.165, 1.54) is 6.07 Å². The van der Waals surface area contributed by atoms with E-state index in [1.807, 2.05) is 0 Å². The maximum absolute atomic E-state index is 13.2. The molecule has 0 saturated carbocycles. The lowest BCUT2D eigenvalue weighted by molar-refractivity contribution is -0.387. The van der Waals surface area contributed by atoms with Crippen molar-refractivity contribution in [3.8, 4) is 5.75 Å². The number of nitro benzene ring substituents is 1. The third-order valence-electron chi connectivity index (χ3n) is 2.29. The molecule has 1 aromatic carbocycles. The molecule has 19 heavy (non-hydrogen) atoms. The molecule has 1 aromatic rings. The molecule has 0 aliphatic heterocycles. The standard InChI is InChI=1S/C11H14FNO5S/c1-2-6-19(16,17)7-5-18-9-3-4-11(13(14)15)10(12)8-9/h3-4,8H,2,5-7H2,1H3. The van der Waals surface area contributed by atoms with E-state index >= 15 is 0 Å². The lowest BCUT2D eigenvalue weighted by Crippen LogP contribution is -2.16. The van der Waals surface area contributed by atoms with Crippen molar-refractivity contribution < 1.29 is 22.5 Å². The number of hydrogen-bond donors (Lipinski definition) is 0. The number of nitro groups is 1. The van der Waals surface area contributed by atoms with Crippen molar-refractivity contribution in [3.63, 3.8) is 0 Å². The lowest BCUT2D eigenvalue weighted by Gasteiger charge is -2.06. The topological polar surface area (TPSA) is 86.5 Å². The molecule has 106 valence electrons. The van der Waals surface area contributed by atoms with Crippen LogP contribution in [0.4, 0.5) is 10.1 Å². The molecule has 0 saturated heterocycles. The Morgan fingerprint density at radius 2 is 2.05 bits per heavy atom. The van der Waals surface area contributed by atoms with E-state index in [2.05, 4.69) is 0 Å². The number of hydrogen-bond acceptors (Lipinski definition) is 5. The first-order valence-electron chi connectivity index (χ1n) is 5.63. The van der Waals surface area contributed by atoms with Gasteiger partial charge in [-0.1, -0.05) is 6.92 Å². The summed E-state index contributed by atoms with van der Waals surface area (Å²) in [5, 5.41) is 10.4. The number of rotatable bonds is 7. The van der Waals surface area contributed by atoms with Gasteiger partial charge in [-0.05, 0) is 12.5 Å². The first-order chi connectivity index (χ1) is 8.85. The van der Waals surface area contributed by atoms with Gasteiger partial charge in [0.25, 0.3) is 0 Å². The van der Waals surface area contributed by atoms with Gasteiger partial charge in [0.05, 0.1) is 16.4 Å². The van der Waals surface area contributed by atoms with E-state index in [0.717, 1.165) is 12.1 Å². The molecule has 0 aliphatic rings. The zero-order valence-electron chi connectivity index (χ0n) is 10.3. The summed E-state index contributed by atoms with van der Waals surface area (Å²) in [7, 11) is -3.16. The summed E-state index contributed by atoms with van der Waals surface area (Å²) in [6, 6.07) is 3.07. The molecule has 0 fully saturated rings. The second-order valence-electron chi connectivity index (χ2n) is 3.87. The first-order valence-corrected chi connectivity index (χ1v) is 7.45. The Morgan fingerprint density at radius 3 is 2.58 bits per heavy atom. The Balaban J connectivity index is 2.60. The molecule has 6 nitrogen and oxygen atoms in total. The molecular formula is C11H14FNO5S. The van der Waals surface area contributed by atoms with Crippen LogP contribution in [0.25, 0.3) is 0 Å². The van der Waals surface area contributed by atoms with E-state index in [-0.39, 0.29) is 23.9 Å². The van der Waals surface area contributed by atoms with Gasteiger partial charge in [0.15, 0.2) is 9.84 Å². The zero-order chi connectivity index (χ0) is 14.5. The highest BCUT2D eigenvalue weighted by Crippen LogP contribution is 2.22. The summed E-state index contributed by atoms with van der Waals surface area (Å²) in [6.45, 7) is 1.64. The van der Waals surface area contributed by atoms with E-state index in [0.29, 0.717) is 6.42 Å². The number of ether oxygens (including phenoxy) is 1. The van der Waals surface area contributed by atoms with Crippen LogP contribution in [0.15, 0.2) is 18.2 Å². The molecule has 0 aliphatic carbocycles. The molecule has 0 aromatic heterocycles. The summed E-state index contributed by atoms with van der Waals surface area (Å²) >= 11 is 0. The molecule has 0 bridgehead atoms. The normalized spacial score (nSPS) is 11.3. The second-order valence-corrected chi connectivity index (χ2v) is 6.17. The van der Waals surface area contributed by atoms with Gasteiger partial charge in [-0.3, -0.25) is 10.1 Å². The van der Waals surface area contributed by atoms with Crippen molar-refractivity contribution in [2.45, 2.75) is 13.3 Å². The van der Waals surface area contributed by atoms with Gasteiger partial charge in [0, 0.05) is 12.1 Å². The monoisotopic (exact) mass is 291 g/mol. The van der Waals surface area contributed by atoms with Crippen LogP contribution in [0.1, 0.15) is 13.3 Å². The van der Waals surface area contributed by atoms with Crippen LogP contribution in [-0.4, -0.2) is 31.5 Å². The minimum Gasteiger partial charge on any atom is -0.492 e. The largest absolute Gasteiger partial charge is 0.492 e. The van der Waals surface area contributed by atoms with Crippen LogP contribution in [-0.2, 0) is 9.84 Å². The molecule has 0 radical (unpaired) electrons. The summed E-state index contributed by atoms with van der Waals surface area (Å²) in [5.74, 6) is -1.04. The summed E-state index contributed by atoms with van der Waals surface area (Å²) < 4.78 is 41.1. The zero-order valence-corrected chi connectivity index (χ0v) is 11.2. The Morgan fingerprint density at radius 1 is 1.37 bits per heavy atom. The summed E-state index contributed by atoms with van der Waals surface area (Å²) in [5.41, 5.74) is -0.647. The average Bonchev–Trinajstić information content (AvgIpc) is 2.28. The third-order valence-corrected chi connectivity index (χ3v) is 4.11. The average molecular weight is 291 g/mol. The smallest absolute Gasteiger partial charge is 0.305 e. The Hall–Kier alpha value is -1.70. The van der Waals surface area contributed by atoms with Gasteiger partial charge in [-0.15, -0.1) is 0 Å². The van der Waals surface area contributed by atoms with Crippen LogP contribution >= 0.6 is 0 Å². The lowest BCUT2D eigenvalue weighted by atomic mass is 10.3. The van der Waals surface area contributed by atoms with E-state index in [4.69, 9.17) is 4.74 Å². The molecule has 0 unspecified atom stereocenters. The molecule has 0 spiro atoms. The quantitative estimate of drug-likeness (QED) is 0.566. The van der Waals surface area contributed by atoms with Crippen molar-refractivity contribution >= 4 is 15.5 Å². The number of sulfone groups is 1. The van der Waals surface area contributed by atoms with Gasteiger partial charge in [0.1, 0.15) is 12.4 Å². The fraction of sp³-hybridized carbons (Fsp3) is 0.455. The number of halogens is 1. The maximum Gasteiger partial charge on any atom is 0.305 e. The molecule has 0 amide bonds. The molecule has 1 rings (SSSR count). The van der Waals surface area contributed by atoms with Gasteiger partial charge in [0.2, 0.25) is 5.82 Å². The first kappa shape index (κ1) is 15.4. The molecule has 0 N–H and O–H groups in total. The van der Waals surface area contributed by atoms with Crippen LogP contribution in [0.5, 0.6) is 5.75 Å². The highest BCUT2D eigenvalue weighted by atomic mass is 32.2. The second kappa shape index (κ2) is 6.46. The van der Waals surface area contributed by atoms with Crippen LogP contribution < -0.4 is 4.74 Å². The number of nitrogens with zero attached hydrogens (tertiary/aromatic N) is 1. The van der Waals surface area contributed by atoms with Crippen LogP contribution in [0, 0.1) is 15.9 Å². The highest BCUT2D eigenvalue weighted by molar-refractivity contribution is 7.91. The Labute approximate surface area is 110 Å².